The Bertz CT molecular complexity index is 740. The van der Waals surface area contributed by atoms with E-state index in [2.05, 4.69) is 32.9 Å². The van der Waals surface area contributed by atoms with Gasteiger partial charge >= 0.3 is 0 Å². The van der Waals surface area contributed by atoms with Gasteiger partial charge in [-0.25, -0.2) is 4.98 Å². The van der Waals surface area contributed by atoms with Crippen LogP contribution in [0.2, 0.25) is 0 Å². The second-order valence-corrected chi connectivity index (χ2v) is 6.75. The number of rotatable bonds is 2. The second-order valence-electron chi connectivity index (χ2n) is 3.97. The number of hydrogen-bond acceptors (Lipinski definition) is 3. The number of amides is 1. The van der Waals surface area contributed by atoms with Gasteiger partial charge < -0.3 is 5.32 Å². The average Bonchev–Trinajstić information content (AvgIpc) is 2.78. The molecule has 19 heavy (non-hydrogen) atoms. The molecule has 1 N–H and O–H groups in total. The van der Waals surface area contributed by atoms with E-state index in [1.807, 2.05) is 42.5 Å². The summed E-state index contributed by atoms with van der Waals surface area (Å²) in [5, 5.41) is 2.87. The lowest BCUT2D eigenvalue weighted by molar-refractivity contribution is 0.102. The first-order valence-electron chi connectivity index (χ1n) is 5.65. The van der Waals surface area contributed by atoms with Gasteiger partial charge in [0.25, 0.3) is 5.91 Å². The number of carbonyl (C=O) groups is 1. The summed E-state index contributed by atoms with van der Waals surface area (Å²) in [6.45, 7) is 0. The highest BCUT2D eigenvalue weighted by Crippen LogP contribution is 2.24. The molecular weight excluding hydrogens is 371 g/mol. The van der Waals surface area contributed by atoms with Crippen molar-refractivity contribution in [1.29, 1.82) is 0 Å². The lowest BCUT2D eigenvalue weighted by atomic mass is 10.2. The van der Waals surface area contributed by atoms with Crippen LogP contribution in [0.25, 0.3) is 10.2 Å². The highest BCUT2D eigenvalue weighted by Gasteiger charge is 2.08. The lowest BCUT2D eigenvalue weighted by Crippen LogP contribution is -2.11. The normalized spacial score (nSPS) is 10.6. The zero-order valence-corrected chi connectivity index (χ0v) is 12.7. The summed E-state index contributed by atoms with van der Waals surface area (Å²) >= 11 is 3.77. The molecule has 0 aliphatic carbocycles. The van der Waals surface area contributed by atoms with Crippen molar-refractivity contribution in [1.82, 2.24) is 4.98 Å². The van der Waals surface area contributed by atoms with E-state index in [1.165, 1.54) is 0 Å². The third-order valence-corrected chi connectivity index (χ3v) is 4.36. The number of anilines is 1. The number of fused-ring (bicyclic) bond motifs is 1. The quantitative estimate of drug-likeness (QED) is 0.679. The number of nitrogens with zero attached hydrogens (tertiary/aromatic N) is 1. The van der Waals surface area contributed by atoms with Gasteiger partial charge in [-0.2, -0.15) is 0 Å². The molecular formula is C14H9IN2OS. The van der Waals surface area contributed by atoms with Gasteiger partial charge in [0.2, 0.25) is 0 Å². The molecule has 0 aliphatic heterocycles. The molecule has 94 valence electrons. The van der Waals surface area contributed by atoms with E-state index in [0.29, 0.717) is 5.56 Å². The van der Waals surface area contributed by atoms with Gasteiger partial charge in [-0.15, -0.1) is 11.3 Å². The summed E-state index contributed by atoms with van der Waals surface area (Å²) < 4.78 is 2.01. The van der Waals surface area contributed by atoms with E-state index in [9.17, 15) is 4.79 Å². The molecule has 3 rings (SSSR count). The Morgan fingerprint density at radius 1 is 1.16 bits per heavy atom. The molecule has 1 aromatic heterocycles. The van der Waals surface area contributed by atoms with Gasteiger partial charge in [-0.05, 0) is 52.9 Å². The number of para-hydroxylation sites is 1. The predicted octanol–water partition coefficient (Wildman–Crippen LogP) is 4.15. The SMILES string of the molecule is O=C(Nc1ccccc1)c1ccc2nc(I)sc2c1. The van der Waals surface area contributed by atoms with Gasteiger partial charge in [-0.1, -0.05) is 18.2 Å². The van der Waals surface area contributed by atoms with Crippen LogP contribution in [-0.4, -0.2) is 10.9 Å². The average molecular weight is 380 g/mol. The van der Waals surface area contributed by atoms with Crippen molar-refractivity contribution in [2.75, 3.05) is 5.32 Å². The lowest BCUT2D eigenvalue weighted by Gasteiger charge is -2.04. The molecule has 1 heterocycles. The van der Waals surface area contributed by atoms with Crippen LogP contribution in [-0.2, 0) is 0 Å². The minimum atomic E-state index is -0.100. The van der Waals surface area contributed by atoms with Crippen molar-refractivity contribution >= 4 is 55.7 Å². The monoisotopic (exact) mass is 380 g/mol. The number of halogens is 1. The van der Waals surface area contributed by atoms with Crippen LogP contribution in [0.5, 0.6) is 0 Å². The predicted molar refractivity (Wildman–Crippen MR) is 86.7 cm³/mol. The Morgan fingerprint density at radius 2 is 1.95 bits per heavy atom. The largest absolute Gasteiger partial charge is 0.322 e. The third-order valence-electron chi connectivity index (χ3n) is 2.66. The highest BCUT2D eigenvalue weighted by molar-refractivity contribution is 14.1. The zero-order chi connectivity index (χ0) is 13.2. The topological polar surface area (TPSA) is 42.0 Å². The Balaban J connectivity index is 1.89. The van der Waals surface area contributed by atoms with Crippen molar-refractivity contribution < 1.29 is 4.79 Å². The summed E-state index contributed by atoms with van der Waals surface area (Å²) in [4.78, 5) is 16.5. The van der Waals surface area contributed by atoms with Crippen LogP contribution < -0.4 is 5.32 Å². The summed E-state index contributed by atoms with van der Waals surface area (Å²) in [7, 11) is 0. The van der Waals surface area contributed by atoms with E-state index in [1.54, 1.807) is 17.4 Å². The maximum Gasteiger partial charge on any atom is 0.255 e. The molecule has 1 amide bonds. The zero-order valence-electron chi connectivity index (χ0n) is 9.76. The van der Waals surface area contributed by atoms with E-state index >= 15 is 0 Å². The van der Waals surface area contributed by atoms with E-state index in [-0.39, 0.29) is 5.91 Å². The van der Waals surface area contributed by atoms with Crippen molar-refractivity contribution in [2.24, 2.45) is 0 Å². The molecule has 0 radical (unpaired) electrons. The Kier molecular flexibility index (Phi) is 3.48. The molecule has 0 atom stereocenters. The Morgan fingerprint density at radius 3 is 2.74 bits per heavy atom. The fourth-order valence-corrected chi connectivity index (χ4v) is 3.46. The van der Waals surface area contributed by atoms with Gasteiger partial charge in [-0.3, -0.25) is 4.79 Å². The molecule has 0 unspecified atom stereocenters. The molecule has 0 spiro atoms. The molecule has 0 fully saturated rings. The summed E-state index contributed by atoms with van der Waals surface area (Å²) in [6, 6.07) is 15.0. The van der Waals surface area contributed by atoms with Crippen LogP contribution >= 0.6 is 33.9 Å². The summed E-state index contributed by atoms with van der Waals surface area (Å²) in [5.74, 6) is -0.100. The van der Waals surface area contributed by atoms with Crippen LogP contribution in [0, 0.1) is 3.01 Å². The maximum atomic E-state index is 12.1. The molecule has 0 saturated heterocycles. The van der Waals surface area contributed by atoms with Gasteiger partial charge in [0, 0.05) is 11.3 Å². The number of hydrogen-bond donors (Lipinski definition) is 1. The van der Waals surface area contributed by atoms with Gasteiger partial charge in [0.15, 0.2) is 3.01 Å². The minimum absolute atomic E-state index is 0.100. The first-order chi connectivity index (χ1) is 9.22. The first kappa shape index (κ1) is 12.6. The van der Waals surface area contributed by atoms with Crippen molar-refractivity contribution in [2.45, 2.75) is 0 Å². The smallest absolute Gasteiger partial charge is 0.255 e. The van der Waals surface area contributed by atoms with Crippen LogP contribution in [0.4, 0.5) is 5.69 Å². The van der Waals surface area contributed by atoms with Crippen LogP contribution in [0.15, 0.2) is 48.5 Å². The standard InChI is InChI=1S/C14H9IN2OS/c15-14-17-11-7-6-9(8-12(11)19-14)13(18)16-10-4-2-1-3-5-10/h1-8H,(H,16,18). The second kappa shape index (κ2) is 5.26. The Hall–Kier alpha value is -1.47. The summed E-state index contributed by atoms with van der Waals surface area (Å²) in [6.07, 6.45) is 0. The molecule has 5 heteroatoms. The van der Waals surface area contributed by atoms with Crippen LogP contribution in [0.1, 0.15) is 10.4 Å². The highest BCUT2D eigenvalue weighted by atomic mass is 127. The Labute approximate surface area is 127 Å². The third kappa shape index (κ3) is 2.76. The van der Waals surface area contributed by atoms with E-state index in [4.69, 9.17) is 0 Å². The van der Waals surface area contributed by atoms with Crippen molar-refractivity contribution in [3.05, 3.63) is 57.1 Å². The number of thiazole rings is 1. The molecule has 0 saturated carbocycles. The van der Waals surface area contributed by atoms with E-state index in [0.717, 1.165) is 18.9 Å². The fourth-order valence-electron chi connectivity index (χ4n) is 1.76. The molecule has 2 aromatic carbocycles. The van der Waals surface area contributed by atoms with E-state index < -0.39 is 0 Å². The molecule has 3 nitrogen and oxygen atoms in total. The number of nitrogens with one attached hydrogen (secondary N) is 1. The number of carbonyl (C=O) groups excluding carboxylic acids is 1. The summed E-state index contributed by atoms with van der Waals surface area (Å²) in [5.41, 5.74) is 2.38. The van der Waals surface area contributed by atoms with Gasteiger partial charge in [0.05, 0.1) is 10.2 Å². The van der Waals surface area contributed by atoms with Crippen molar-refractivity contribution in [3.63, 3.8) is 0 Å². The van der Waals surface area contributed by atoms with Gasteiger partial charge in [0.1, 0.15) is 0 Å². The number of benzene rings is 2. The number of aromatic nitrogens is 1. The first-order valence-corrected chi connectivity index (χ1v) is 7.54. The maximum absolute atomic E-state index is 12.1. The fraction of sp³-hybridized carbons (Fsp3) is 0. The molecule has 0 aliphatic rings. The van der Waals surface area contributed by atoms with Crippen molar-refractivity contribution in [3.8, 4) is 0 Å². The van der Waals surface area contributed by atoms with Crippen LogP contribution in [0.3, 0.4) is 0 Å². The minimum Gasteiger partial charge on any atom is -0.322 e. The molecule has 0 bridgehead atoms. The molecule has 3 aromatic rings.